The Morgan fingerprint density at radius 1 is 1.19 bits per heavy atom. The van der Waals surface area contributed by atoms with Crippen LogP contribution in [0.15, 0.2) is 35.0 Å². The summed E-state index contributed by atoms with van der Waals surface area (Å²) in [6.45, 7) is 5.57. The summed E-state index contributed by atoms with van der Waals surface area (Å²) >= 11 is 5.66. The molecule has 1 aromatic carbocycles. The van der Waals surface area contributed by atoms with Gasteiger partial charge in [-0.05, 0) is 44.9 Å². The van der Waals surface area contributed by atoms with Crippen LogP contribution in [-0.4, -0.2) is 54.9 Å². The lowest BCUT2D eigenvalue weighted by molar-refractivity contribution is -0.138. The van der Waals surface area contributed by atoms with E-state index in [2.05, 4.69) is 4.90 Å². The highest BCUT2D eigenvalue weighted by molar-refractivity contribution is 6.25. The number of piperidine rings is 1. The van der Waals surface area contributed by atoms with Crippen molar-refractivity contribution >= 4 is 23.2 Å². The monoisotopic (exact) mass is 391 g/mol. The lowest BCUT2D eigenvalue weighted by Crippen LogP contribution is -2.45. The number of ether oxygens (including phenoxy) is 2. The zero-order valence-electron chi connectivity index (χ0n) is 16.2. The molecule has 0 bridgehead atoms. The molecule has 0 spiro atoms. The van der Waals surface area contributed by atoms with Crippen molar-refractivity contribution in [2.75, 3.05) is 27.3 Å². The molecule has 1 saturated heterocycles. The van der Waals surface area contributed by atoms with E-state index in [1.807, 2.05) is 38.2 Å². The highest BCUT2D eigenvalue weighted by Gasteiger charge is 2.46. The Kier molecular flexibility index (Phi) is 5.65. The normalized spacial score (nSPS) is 20.3. The molecule has 2 heterocycles. The van der Waals surface area contributed by atoms with Gasteiger partial charge in [-0.15, -0.1) is 0 Å². The predicted molar refractivity (Wildman–Crippen MR) is 106 cm³/mol. The van der Waals surface area contributed by atoms with Gasteiger partial charge in [-0.3, -0.25) is 4.79 Å². The molecule has 2 aliphatic heterocycles. The molecule has 1 aromatic rings. The van der Waals surface area contributed by atoms with Crippen molar-refractivity contribution in [1.82, 2.24) is 9.91 Å². The lowest BCUT2D eigenvalue weighted by Gasteiger charge is -2.34. The van der Waals surface area contributed by atoms with Crippen molar-refractivity contribution in [3.8, 4) is 11.5 Å². The molecule has 2 aliphatic rings. The van der Waals surface area contributed by atoms with Crippen LogP contribution >= 0.6 is 11.6 Å². The molecule has 27 heavy (non-hydrogen) atoms. The van der Waals surface area contributed by atoms with Crippen LogP contribution in [0.25, 0.3) is 0 Å². The van der Waals surface area contributed by atoms with Crippen LogP contribution < -0.4 is 9.47 Å². The highest BCUT2D eigenvalue weighted by atomic mass is 35.5. The number of carbonyl (C=O) groups excluding carboxylic acids is 1. The Hall–Kier alpha value is -2.21. The van der Waals surface area contributed by atoms with Gasteiger partial charge in [-0.1, -0.05) is 11.6 Å². The summed E-state index contributed by atoms with van der Waals surface area (Å²) in [5.74, 6) is 1.32. The molecule has 0 unspecified atom stereocenters. The quantitative estimate of drug-likeness (QED) is 0.771. The average Bonchev–Trinajstić information content (AvgIpc) is 2.92. The van der Waals surface area contributed by atoms with Crippen LogP contribution in [0.3, 0.4) is 0 Å². The van der Waals surface area contributed by atoms with Crippen LogP contribution in [0.1, 0.15) is 32.3 Å². The zero-order valence-corrected chi connectivity index (χ0v) is 17.0. The van der Waals surface area contributed by atoms with E-state index in [1.54, 1.807) is 19.2 Å². The number of hydrogen-bond donors (Lipinski definition) is 0. The molecule has 3 rings (SSSR count). The standard InChI is InChI=1S/C20H26ClN3O3/c1-20(2)18(14-5-6-16(26-3)17(13-14)27-4)22-24(19(20)25)15-7-10-23(11-8-15)12-9-21/h5-6,9,12-13,15H,7-8,10-11H2,1-4H3. The Morgan fingerprint density at radius 3 is 2.44 bits per heavy atom. The number of methoxy groups -OCH3 is 2. The third kappa shape index (κ3) is 3.63. The molecule has 0 N–H and O–H groups in total. The van der Waals surface area contributed by atoms with E-state index in [0.717, 1.165) is 37.2 Å². The summed E-state index contributed by atoms with van der Waals surface area (Å²) in [6.07, 6.45) is 3.61. The van der Waals surface area contributed by atoms with Crippen molar-refractivity contribution in [1.29, 1.82) is 0 Å². The van der Waals surface area contributed by atoms with Gasteiger partial charge in [0.1, 0.15) is 0 Å². The molecular formula is C20H26ClN3O3. The molecule has 1 fully saturated rings. The smallest absolute Gasteiger partial charge is 0.254 e. The number of amides is 1. The van der Waals surface area contributed by atoms with Crippen LogP contribution in [0.5, 0.6) is 11.5 Å². The second kappa shape index (κ2) is 7.80. The van der Waals surface area contributed by atoms with E-state index in [9.17, 15) is 4.79 Å². The van der Waals surface area contributed by atoms with Gasteiger partial charge >= 0.3 is 0 Å². The van der Waals surface area contributed by atoms with Gasteiger partial charge in [0.05, 0.1) is 31.4 Å². The van der Waals surface area contributed by atoms with E-state index in [0.29, 0.717) is 11.5 Å². The number of rotatable bonds is 5. The minimum atomic E-state index is -0.688. The molecule has 146 valence electrons. The third-order valence-corrected chi connectivity index (χ3v) is 5.42. The molecule has 0 aliphatic carbocycles. The van der Waals surface area contributed by atoms with Gasteiger partial charge in [0.15, 0.2) is 11.5 Å². The number of hydrogen-bond acceptors (Lipinski definition) is 5. The average molecular weight is 392 g/mol. The van der Waals surface area contributed by atoms with Crippen molar-refractivity contribution in [2.45, 2.75) is 32.7 Å². The third-order valence-electron chi connectivity index (χ3n) is 5.31. The first-order chi connectivity index (χ1) is 12.9. The summed E-state index contributed by atoms with van der Waals surface area (Å²) in [5.41, 5.74) is 2.47. The highest BCUT2D eigenvalue weighted by Crippen LogP contribution is 2.37. The van der Waals surface area contributed by atoms with Crippen molar-refractivity contribution in [3.63, 3.8) is 0 Å². The predicted octanol–water partition coefficient (Wildman–Crippen LogP) is 3.45. The molecule has 6 nitrogen and oxygen atoms in total. The molecular weight excluding hydrogens is 366 g/mol. The summed E-state index contributed by atoms with van der Waals surface area (Å²) in [6, 6.07) is 5.75. The summed E-state index contributed by atoms with van der Waals surface area (Å²) < 4.78 is 10.7. The van der Waals surface area contributed by atoms with E-state index >= 15 is 0 Å². The van der Waals surface area contributed by atoms with Crippen molar-refractivity contribution in [3.05, 3.63) is 35.5 Å². The van der Waals surface area contributed by atoms with Crippen LogP contribution in [-0.2, 0) is 4.79 Å². The van der Waals surface area contributed by atoms with Gasteiger partial charge in [-0.25, -0.2) is 5.01 Å². The fourth-order valence-corrected chi connectivity index (χ4v) is 3.83. The minimum Gasteiger partial charge on any atom is -0.493 e. The first-order valence-corrected chi connectivity index (χ1v) is 9.52. The number of carbonyl (C=O) groups is 1. The number of hydrazone groups is 1. The number of likely N-dealkylation sites (tertiary alicyclic amines) is 1. The van der Waals surface area contributed by atoms with Gasteiger partial charge in [0.25, 0.3) is 5.91 Å². The fraction of sp³-hybridized carbons (Fsp3) is 0.500. The fourth-order valence-electron chi connectivity index (χ4n) is 3.67. The lowest BCUT2D eigenvalue weighted by atomic mass is 9.83. The van der Waals surface area contributed by atoms with Gasteiger partial charge in [-0.2, -0.15) is 5.10 Å². The minimum absolute atomic E-state index is 0.0404. The first kappa shape index (κ1) is 19.5. The molecule has 7 heteroatoms. The van der Waals surface area contributed by atoms with E-state index in [1.165, 1.54) is 5.54 Å². The summed E-state index contributed by atoms with van der Waals surface area (Å²) in [4.78, 5) is 15.3. The molecule has 0 saturated carbocycles. The molecule has 0 radical (unpaired) electrons. The van der Waals surface area contributed by atoms with Crippen LogP contribution in [0.4, 0.5) is 0 Å². The number of nitrogens with zero attached hydrogens (tertiary/aromatic N) is 3. The van der Waals surface area contributed by atoms with Gasteiger partial charge in [0.2, 0.25) is 0 Å². The Balaban J connectivity index is 1.87. The Labute approximate surface area is 165 Å². The molecule has 0 atom stereocenters. The van der Waals surface area contributed by atoms with Gasteiger partial charge in [0, 0.05) is 30.4 Å². The van der Waals surface area contributed by atoms with Crippen LogP contribution in [0, 0.1) is 5.41 Å². The van der Waals surface area contributed by atoms with E-state index in [-0.39, 0.29) is 11.9 Å². The summed E-state index contributed by atoms with van der Waals surface area (Å²) in [7, 11) is 3.20. The van der Waals surface area contributed by atoms with Crippen molar-refractivity contribution in [2.24, 2.45) is 10.5 Å². The van der Waals surface area contributed by atoms with Gasteiger partial charge < -0.3 is 14.4 Å². The molecule has 1 amide bonds. The summed E-state index contributed by atoms with van der Waals surface area (Å²) in [5, 5.41) is 6.45. The topological polar surface area (TPSA) is 54.4 Å². The Bertz CT molecular complexity index is 768. The Morgan fingerprint density at radius 2 is 1.85 bits per heavy atom. The maximum absolute atomic E-state index is 13.1. The SMILES string of the molecule is COc1ccc(C2=NN(C3CCN(C=CCl)CC3)C(=O)C2(C)C)cc1OC. The second-order valence-electron chi connectivity index (χ2n) is 7.34. The zero-order chi connectivity index (χ0) is 19.6. The number of halogens is 1. The maximum Gasteiger partial charge on any atom is 0.254 e. The first-order valence-electron chi connectivity index (χ1n) is 9.08. The molecule has 0 aromatic heterocycles. The number of benzene rings is 1. The van der Waals surface area contributed by atoms with E-state index in [4.69, 9.17) is 26.2 Å². The van der Waals surface area contributed by atoms with Crippen LogP contribution in [0.2, 0.25) is 0 Å². The largest absolute Gasteiger partial charge is 0.493 e. The van der Waals surface area contributed by atoms with Crippen molar-refractivity contribution < 1.29 is 14.3 Å². The maximum atomic E-state index is 13.1. The second-order valence-corrected chi connectivity index (χ2v) is 7.59. The van der Waals surface area contributed by atoms with E-state index < -0.39 is 5.41 Å².